The molecule has 1 aromatic heterocycles. The van der Waals surface area contributed by atoms with Gasteiger partial charge in [0, 0.05) is 29.9 Å². The highest BCUT2D eigenvalue weighted by atomic mass is 32.1. The van der Waals surface area contributed by atoms with Gasteiger partial charge >= 0.3 is 0 Å². The molecule has 3 aliphatic rings. The van der Waals surface area contributed by atoms with Crippen LogP contribution in [0, 0.1) is 11.8 Å². The van der Waals surface area contributed by atoms with Gasteiger partial charge in [0.25, 0.3) is 0 Å². The van der Waals surface area contributed by atoms with Crippen molar-refractivity contribution < 1.29 is 9.53 Å². The van der Waals surface area contributed by atoms with Crippen molar-refractivity contribution in [3.05, 3.63) is 22.4 Å². The predicted molar refractivity (Wildman–Crippen MR) is 96.2 cm³/mol. The van der Waals surface area contributed by atoms with Crippen LogP contribution < -0.4 is 5.32 Å². The summed E-state index contributed by atoms with van der Waals surface area (Å²) in [5, 5.41) is 5.15. The summed E-state index contributed by atoms with van der Waals surface area (Å²) in [6.07, 6.45) is 6.98. The second-order valence-corrected chi connectivity index (χ2v) is 8.58. The lowest BCUT2D eigenvalue weighted by molar-refractivity contribution is -0.123. The van der Waals surface area contributed by atoms with E-state index in [4.69, 9.17) is 4.74 Å². The third-order valence-corrected chi connectivity index (χ3v) is 7.01. The Kier molecular flexibility index (Phi) is 5.20. The van der Waals surface area contributed by atoms with Gasteiger partial charge in [-0.15, -0.1) is 11.3 Å². The van der Waals surface area contributed by atoms with E-state index in [0.717, 1.165) is 25.6 Å². The smallest absolute Gasteiger partial charge is 0.222 e. The minimum atomic E-state index is 0.139. The topological polar surface area (TPSA) is 41.6 Å². The van der Waals surface area contributed by atoms with Crippen molar-refractivity contribution in [2.75, 3.05) is 26.2 Å². The molecule has 0 aromatic carbocycles. The van der Waals surface area contributed by atoms with Crippen LogP contribution in [0.15, 0.2) is 17.5 Å². The second-order valence-electron chi connectivity index (χ2n) is 7.55. The Labute approximate surface area is 148 Å². The standard InChI is InChI=1S/C19H28N2O2S/c22-19(20-8-6-16-5-2-10-24-16)11-18-17-7-9-21(15-3-1-4-15)12-14(17)13-23-18/h2,5,10,14-15,17-18H,1,3-4,6-9,11-13H2,(H,20,22)/t14-,17-,18+/m1/s1. The van der Waals surface area contributed by atoms with E-state index in [9.17, 15) is 4.79 Å². The molecular formula is C19H28N2O2S. The van der Waals surface area contributed by atoms with Crippen molar-refractivity contribution in [1.82, 2.24) is 10.2 Å². The van der Waals surface area contributed by atoms with E-state index in [2.05, 4.69) is 27.7 Å². The summed E-state index contributed by atoms with van der Waals surface area (Å²) in [7, 11) is 0. The molecule has 2 saturated heterocycles. The molecule has 24 heavy (non-hydrogen) atoms. The van der Waals surface area contributed by atoms with E-state index in [1.165, 1.54) is 43.6 Å². The summed E-state index contributed by atoms with van der Waals surface area (Å²) < 4.78 is 6.02. The highest BCUT2D eigenvalue weighted by molar-refractivity contribution is 7.09. The lowest BCUT2D eigenvalue weighted by atomic mass is 9.80. The van der Waals surface area contributed by atoms with Crippen LogP contribution in [0.4, 0.5) is 0 Å². The monoisotopic (exact) mass is 348 g/mol. The predicted octanol–water partition coefficient (Wildman–Crippen LogP) is 2.69. The van der Waals surface area contributed by atoms with Gasteiger partial charge in [-0.1, -0.05) is 12.5 Å². The summed E-state index contributed by atoms with van der Waals surface area (Å²) in [6.45, 7) is 3.97. The molecular weight excluding hydrogens is 320 g/mol. The Morgan fingerprint density at radius 3 is 3.04 bits per heavy atom. The number of ether oxygens (including phenoxy) is 1. The van der Waals surface area contributed by atoms with Crippen LogP contribution in [0.5, 0.6) is 0 Å². The normalized spacial score (nSPS) is 30.8. The van der Waals surface area contributed by atoms with Crippen molar-refractivity contribution in [1.29, 1.82) is 0 Å². The number of carbonyl (C=O) groups excluding carboxylic acids is 1. The van der Waals surface area contributed by atoms with E-state index in [1.807, 2.05) is 0 Å². The zero-order chi connectivity index (χ0) is 16.4. The van der Waals surface area contributed by atoms with Gasteiger partial charge in [-0.2, -0.15) is 0 Å². The van der Waals surface area contributed by atoms with Crippen LogP contribution in [0.25, 0.3) is 0 Å². The van der Waals surface area contributed by atoms with E-state index < -0.39 is 0 Å². The molecule has 132 valence electrons. The number of hydrogen-bond acceptors (Lipinski definition) is 4. The minimum absolute atomic E-state index is 0.139. The van der Waals surface area contributed by atoms with Crippen LogP contribution >= 0.6 is 11.3 Å². The van der Waals surface area contributed by atoms with Crippen molar-refractivity contribution in [3.8, 4) is 0 Å². The van der Waals surface area contributed by atoms with Crippen LogP contribution in [-0.2, 0) is 16.0 Å². The molecule has 0 spiro atoms. The Morgan fingerprint density at radius 1 is 1.38 bits per heavy atom. The van der Waals surface area contributed by atoms with Crippen molar-refractivity contribution in [2.45, 2.75) is 50.7 Å². The quantitative estimate of drug-likeness (QED) is 0.859. The average molecular weight is 349 g/mol. The van der Waals surface area contributed by atoms with Crippen LogP contribution in [0.2, 0.25) is 0 Å². The molecule has 5 heteroatoms. The lowest BCUT2D eigenvalue weighted by Gasteiger charge is -2.43. The van der Waals surface area contributed by atoms with E-state index in [1.54, 1.807) is 11.3 Å². The second kappa shape index (κ2) is 7.54. The molecule has 0 unspecified atom stereocenters. The zero-order valence-electron chi connectivity index (χ0n) is 14.3. The SMILES string of the molecule is O=C(C[C@@H]1OC[C@H]2CN(C3CCC3)CC[C@H]21)NCCc1cccs1. The van der Waals surface area contributed by atoms with Gasteiger partial charge in [0.1, 0.15) is 0 Å². The fraction of sp³-hybridized carbons (Fsp3) is 0.737. The molecule has 0 radical (unpaired) electrons. The third kappa shape index (κ3) is 3.68. The average Bonchev–Trinajstić information content (AvgIpc) is 3.16. The zero-order valence-corrected chi connectivity index (χ0v) is 15.1. The lowest BCUT2D eigenvalue weighted by Crippen LogP contribution is -2.49. The van der Waals surface area contributed by atoms with Crippen LogP contribution in [0.1, 0.15) is 37.0 Å². The van der Waals surface area contributed by atoms with Gasteiger partial charge in [-0.3, -0.25) is 4.79 Å². The molecule has 1 amide bonds. The Morgan fingerprint density at radius 2 is 2.29 bits per heavy atom. The number of piperidine rings is 1. The molecule has 1 aliphatic carbocycles. The molecule has 4 nitrogen and oxygen atoms in total. The van der Waals surface area contributed by atoms with Gasteiger partial charge < -0.3 is 15.0 Å². The van der Waals surface area contributed by atoms with Gasteiger partial charge in [0.05, 0.1) is 19.1 Å². The highest BCUT2D eigenvalue weighted by Crippen LogP contribution is 2.38. The Bertz CT molecular complexity index is 544. The number of likely N-dealkylation sites (tertiary alicyclic amines) is 1. The molecule has 1 aromatic rings. The summed E-state index contributed by atoms with van der Waals surface area (Å²) in [5.74, 6) is 1.38. The van der Waals surface area contributed by atoms with Crippen LogP contribution in [-0.4, -0.2) is 49.2 Å². The van der Waals surface area contributed by atoms with Crippen molar-refractivity contribution in [3.63, 3.8) is 0 Å². The fourth-order valence-electron chi connectivity index (χ4n) is 4.44. The largest absolute Gasteiger partial charge is 0.377 e. The number of amides is 1. The minimum Gasteiger partial charge on any atom is -0.377 e. The molecule has 1 N–H and O–H groups in total. The van der Waals surface area contributed by atoms with E-state index in [-0.39, 0.29) is 12.0 Å². The van der Waals surface area contributed by atoms with Crippen molar-refractivity contribution >= 4 is 17.2 Å². The summed E-state index contributed by atoms with van der Waals surface area (Å²) in [5.41, 5.74) is 0. The van der Waals surface area contributed by atoms with Crippen LogP contribution in [0.3, 0.4) is 0 Å². The van der Waals surface area contributed by atoms with Gasteiger partial charge in [-0.05, 0) is 49.6 Å². The number of nitrogens with one attached hydrogen (secondary N) is 1. The first kappa shape index (κ1) is 16.6. The first-order chi connectivity index (χ1) is 11.8. The molecule has 4 rings (SSSR count). The maximum Gasteiger partial charge on any atom is 0.222 e. The molecule has 3 fully saturated rings. The van der Waals surface area contributed by atoms with Gasteiger partial charge in [-0.25, -0.2) is 0 Å². The molecule has 2 aliphatic heterocycles. The first-order valence-electron chi connectivity index (χ1n) is 9.44. The van der Waals surface area contributed by atoms with E-state index in [0.29, 0.717) is 18.3 Å². The summed E-state index contributed by atoms with van der Waals surface area (Å²) in [6, 6.07) is 5.02. The molecule has 0 bridgehead atoms. The van der Waals surface area contributed by atoms with Gasteiger partial charge in [0.15, 0.2) is 0 Å². The van der Waals surface area contributed by atoms with E-state index >= 15 is 0 Å². The number of hydrogen-bond donors (Lipinski definition) is 1. The number of fused-ring (bicyclic) bond motifs is 1. The molecule has 1 saturated carbocycles. The number of rotatable bonds is 6. The molecule has 3 atom stereocenters. The van der Waals surface area contributed by atoms with Gasteiger partial charge in [0.2, 0.25) is 5.91 Å². The summed E-state index contributed by atoms with van der Waals surface area (Å²) in [4.78, 5) is 16.2. The fourth-order valence-corrected chi connectivity index (χ4v) is 5.15. The molecule has 3 heterocycles. The highest BCUT2D eigenvalue weighted by Gasteiger charge is 2.43. The number of thiophene rings is 1. The number of carbonyl (C=O) groups is 1. The Hall–Kier alpha value is -0.910. The first-order valence-corrected chi connectivity index (χ1v) is 10.3. The maximum absolute atomic E-state index is 12.2. The Balaban J connectivity index is 1.20. The van der Waals surface area contributed by atoms with Crippen molar-refractivity contribution in [2.24, 2.45) is 11.8 Å². The maximum atomic E-state index is 12.2. The number of nitrogens with zero attached hydrogens (tertiary/aromatic N) is 1. The third-order valence-electron chi connectivity index (χ3n) is 6.08. The summed E-state index contributed by atoms with van der Waals surface area (Å²) >= 11 is 1.75.